The monoisotopic (exact) mass is 504 g/mol. The van der Waals surface area contributed by atoms with Crippen molar-refractivity contribution < 1.29 is 4.79 Å². The number of rotatable bonds is 5. The molecule has 0 spiro atoms. The molecule has 0 aliphatic carbocycles. The average Bonchev–Trinajstić information content (AvgIpc) is 3.40. The quantitative estimate of drug-likeness (QED) is 0.359. The third-order valence-electron chi connectivity index (χ3n) is 9.26. The molecule has 3 aliphatic rings. The average molecular weight is 505 g/mol. The van der Waals surface area contributed by atoms with E-state index in [1.165, 1.54) is 22.3 Å². The van der Waals surface area contributed by atoms with E-state index in [0.717, 1.165) is 12.1 Å². The Kier molecular flexibility index (Phi) is 6.01. The van der Waals surface area contributed by atoms with Crippen LogP contribution in [0.25, 0.3) is 5.57 Å². The van der Waals surface area contributed by atoms with E-state index in [1.54, 1.807) is 0 Å². The molecule has 3 aromatic carbocycles. The summed E-state index contributed by atoms with van der Waals surface area (Å²) in [4.78, 5) is 15.5. The second-order valence-corrected chi connectivity index (χ2v) is 12.7. The molecule has 0 bridgehead atoms. The van der Waals surface area contributed by atoms with Gasteiger partial charge < -0.3 is 0 Å². The lowest BCUT2D eigenvalue weighted by Gasteiger charge is -2.56. The van der Waals surface area contributed by atoms with Crippen LogP contribution >= 0.6 is 0 Å². The summed E-state index contributed by atoms with van der Waals surface area (Å²) in [7, 11) is 0. The van der Waals surface area contributed by atoms with Crippen molar-refractivity contribution >= 4 is 11.4 Å². The minimum Gasteiger partial charge on any atom is -0.296 e. The number of hydrogen-bond acceptors (Lipinski definition) is 3. The first-order valence-electron chi connectivity index (χ1n) is 14.2. The first-order valence-corrected chi connectivity index (χ1v) is 14.2. The number of Topliss-reactive ketones (excluding diaryl/α,β-unsaturated/α-hetero) is 1. The molecule has 2 saturated heterocycles. The van der Waals surface area contributed by atoms with Gasteiger partial charge in [0.05, 0.1) is 18.0 Å². The summed E-state index contributed by atoms with van der Waals surface area (Å²) in [5, 5.41) is 5.19. The first kappa shape index (κ1) is 25.3. The Balaban J connectivity index is 1.70. The number of hydrazine groups is 1. The van der Waals surface area contributed by atoms with E-state index in [1.807, 2.05) is 0 Å². The van der Waals surface area contributed by atoms with Crippen molar-refractivity contribution in [2.75, 3.05) is 6.54 Å². The van der Waals surface area contributed by atoms with E-state index in [9.17, 15) is 0 Å². The summed E-state index contributed by atoms with van der Waals surface area (Å²) >= 11 is 0. The lowest BCUT2D eigenvalue weighted by molar-refractivity contribution is -0.174. The Morgan fingerprint density at radius 2 is 1.29 bits per heavy atom. The van der Waals surface area contributed by atoms with E-state index in [-0.39, 0.29) is 35.3 Å². The fourth-order valence-electron chi connectivity index (χ4n) is 8.04. The topological polar surface area (TPSA) is 23.6 Å². The van der Waals surface area contributed by atoms with Crippen LogP contribution in [0.3, 0.4) is 0 Å². The third kappa shape index (κ3) is 3.38. The molecular formula is C35H40N2O. The van der Waals surface area contributed by atoms with Gasteiger partial charge in [0.2, 0.25) is 0 Å². The predicted octanol–water partition coefficient (Wildman–Crippen LogP) is 7.54. The molecule has 196 valence electrons. The molecule has 4 atom stereocenters. The van der Waals surface area contributed by atoms with E-state index in [4.69, 9.17) is 0 Å². The minimum atomic E-state index is -0.691. The van der Waals surface area contributed by atoms with Gasteiger partial charge in [-0.25, -0.2) is 10.0 Å². The van der Waals surface area contributed by atoms with Crippen LogP contribution in [0.4, 0.5) is 0 Å². The van der Waals surface area contributed by atoms with Crippen LogP contribution in [0.2, 0.25) is 0 Å². The Hall–Kier alpha value is -3.01. The third-order valence-corrected chi connectivity index (χ3v) is 9.26. The lowest BCUT2D eigenvalue weighted by Crippen LogP contribution is -2.68. The van der Waals surface area contributed by atoms with Crippen LogP contribution in [-0.4, -0.2) is 33.9 Å². The summed E-state index contributed by atoms with van der Waals surface area (Å²) in [6, 6.07) is 32.2. The number of ketones is 1. The standard InChI is InChI=1S/C35H40N2O/c1-23(2)30-28(25-16-10-7-11-17-25)32-34(5,6)22-36-31(27-20-14-9-15-21-27)29(26-18-12-8-13-19-26)33(38)35(30,24(3)4)37(32)36/h7-21,23-24,29,31-32H,22H2,1-6H3/t29-,31-,32+,35-/m0/s1. The number of nitrogens with zero attached hydrogens (tertiary/aromatic N) is 2. The van der Waals surface area contributed by atoms with Gasteiger partial charge in [0.25, 0.3) is 0 Å². The molecule has 0 aromatic heterocycles. The molecule has 6 rings (SSSR count). The van der Waals surface area contributed by atoms with Crippen molar-refractivity contribution in [3.8, 4) is 0 Å². The first-order chi connectivity index (χ1) is 18.2. The smallest absolute Gasteiger partial charge is 0.168 e. The molecule has 38 heavy (non-hydrogen) atoms. The van der Waals surface area contributed by atoms with E-state index in [0.29, 0.717) is 5.78 Å². The molecule has 0 unspecified atom stereocenters. The van der Waals surface area contributed by atoms with Crippen molar-refractivity contribution in [1.29, 1.82) is 0 Å². The van der Waals surface area contributed by atoms with Crippen LogP contribution in [0.15, 0.2) is 96.6 Å². The number of hydrogen-bond donors (Lipinski definition) is 0. The summed E-state index contributed by atoms with van der Waals surface area (Å²) in [6.45, 7) is 14.8. The van der Waals surface area contributed by atoms with Crippen LogP contribution in [0.5, 0.6) is 0 Å². The summed E-state index contributed by atoms with van der Waals surface area (Å²) in [5.74, 6) is 0.455. The van der Waals surface area contributed by atoms with Crippen molar-refractivity contribution in [2.45, 2.75) is 65.1 Å². The number of benzene rings is 3. The van der Waals surface area contributed by atoms with Crippen molar-refractivity contribution in [3.63, 3.8) is 0 Å². The molecule has 2 fully saturated rings. The van der Waals surface area contributed by atoms with E-state index < -0.39 is 5.54 Å². The summed E-state index contributed by atoms with van der Waals surface area (Å²) in [5.41, 5.74) is 5.54. The van der Waals surface area contributed by atoms with Gasteiger partial charge in [-0.05, 0) is 45.1 Å². The summed E-state index contributed by atoms with van der Waals surface area (Å²) in [6.07, 6.45) is 0. The SMILES string of the molecule is CC(C)C1=C(c2ccccc2)[C@H]2N3N(CC2(C)C)[C@@H](c2ccccc2)[C@H](c2ccccc2)C(=O)[C@]13C(C)C. The van der Waals surface area contributed by atoms with Gasteiger partial charge in [-0.15, -0.1) is 0 Å². The Morgan fingerprint density at radius 3 is 1.82 bits per heavy atom. The molecular weight excluding hydrogens is 464 g/mol. The minimum absolute atomic E-state index is 0.0408. The Bertz CT molecular complexity index is 1360. The van der Waals surface area contributed by atoms with Crippen LogP contribution in [-0.2, 0) is 4.79 Å². The predicted molar refractivity (Wildman–Crippen MR) is 155 cm³/mol. The highest BCUT2D eigenvalue weighted by molar-refractivity contribution is 6.03. The van der Waals surface area contributed by atoms with Crippen LogP contribution in [0, 0.1) is 17.3 Å². The fourth-order valence-corrected chi connectivity index (χ4v) is 8.04. The van der Waals surface area contributed by atoms with Crippen LogP contribution < -0.4 is 0 Å². The second kappa shape index (κ2) is 9.03. The summed E-state index contributed by atoms with van der Waals surface area (Å²) < 4.78 is 0. The van der Waals surface area contributed by atoms with Gasteiger partial charge >= 0.3 is 0 Å². The maximum absolute atomic E-state index is 15.5. The largest absolute Gasteiger partial charge is 0.296 e. The van der Waals surface area contributed by atoms with E-state index >= 15 is 4.79 Å². The second-order valence-electron chi connectivity index (χ2n) is 12.7. The highest BCUT2D eigenvalue weighted by Gasteiger charge is 2.71. The molecule has 3 nitrogen and oxygen atoms in total. The highest BCUT2D eigenvalue weighted by atomic mass is 16.1. The molecule has 3 aromatic rings. The molecule has 0 amide bonds. The van der Waals surface area contributed by atoms with E-state index in [2.05, 4.69) is 143 Å². The van der Waals surface area contributed by atoms with Crippen molar-refractivity contribution in [1.82, 2.24) is 10.0 Å². The molecule has 3 heteroatoms. The molecule has 0 radical (unpaired) electrons. The Morgan fingerprint density at radius 1 is 0.763 bits per heavy atom. The maximum Gasteiger partial charge on any atom is 0.168 e. The molecule has 3 heterocycles. The zero-order valence-electron chi connectivity index (χ0n) is 23.6. The zero-order chi connectivity index (χ0) is 26.8. The number of carbonyl (C=O) groups excluding carboxylic acids is 1. The molecule has 3 aliphatic heterocycles. The maximum atomic E-state index is 15.5. The fraction of sp³-hybridized carbons (Fsp3) is 0.400. The van der Waals surface area contributed by atoms with Crippen molar-refractivity contribution in [3.05, 3.63) is 113 Å². The van der Waals surface area contributed by atoms with Crippen molar-refractivity contribution in [2.24, 2.45) is 17.3 Å². The van der Waals surface area contributed by atoms with Gasteiger partial charge in [0, 0.05) is 6.54 Å². The molecule has 0 saturated carbocycles. The number of carbonyl (C=O) groups is 1. The normalized spacial score (nSPS) is 28.9. The van der Waals surface area contributed by atoms with Gasteiger partial charge in [0.15, 0.2) is 5.78 Å². The van der Waals surface area contributed by atoms with Crippen LogP contribution in [0.1, 0.15) is 70.2 Å². The zero-order valence-corrected chi connectivity index (χ0v) is 23.6. The highest BCUT2D eigenvalue weighted by Crippen LogP contribution is 2.64. The lowest BCUT2D eigenvalue weighted by atomic mass is 9.64. The molecule has 0 N–H and O–H groups in total. The Labute approximate surface area is 228 Å². The van der Waals surface area contributed by atoms with Gasteiger partial charge in [-0.2, -0.15) is 0 Å². The van der Waals surface area contributed by atoms with Gasteiger partial charge in [-0.3, -0.25) is 4.79 Å². The van der Waals surface area contributed by atoms with Gasteiger partial charge in [0.1, 0.15) is 5.54 Å². The van der Waals surface area contributed by atoms with Gasteiger partial charge in [-0.1, -0.05) is 133 Å².